The highest BCUT2D eigenvalue weighted by Crippen LogP contribution is 2.23. The summed E-state index contributed by atoms with van der Waals surface area (Å²) in [5.41, 5.74) is 3.08. The van der Waals surface area contributed by atoms with Crippen molar-refractivity contribution in [2.24, 2.45) is 0 Å². The number of ether oxygens (including phenoxy) is 1. The van der Waals surface area contributed by atoms with Crippen molar-refractivity contribution < 1.29 is 18.5 Å². The van der Waals surface area contributed by atoms with Gasteiger partial charge in [-0.1, -0.05) is 5.16 Å². The predicted octanol–water partition coefficient (Wildman–Crippen LogP) is 3.70. The molecule has 3 heterocycles. The second kappa shape index (κ2) is 7.15. The van der Waals surface area contributed by atoms with E-state index in [9.17, 15) is 4.79 Å². The summed E-state index contributed by atoms with van der Waals surface area (Å²) in [6.45, 7) is 5.56. The third-order valence-electron chi connectivity index (χ3n) is 4.41. The van der Waals surface area contributed by atoms with Gasteiger partial charge in [-0.2, -0.15) is 0 Å². The quantitative estimate of drug-likeness (QED) is 0.472. The van der Waals surface area contributed by atoms with Crippen LogP contribution < -0.4 is 4.74 Å². The van der Waals surface area contributed by atoms with Crippen LogP contribution in [0.5, 0.6) is 5.75 Å². The molecule has 142 valence electrons. The first kappa shape index (κ1) is 17.7. The van der Waals surface area contributed by atoms with Crippen molar-refractivity contribution in [1.29, 1.82) is 0 Å². The molecule has 28 heavy (non-hydrogen) atoms. The van der Waals surface area contributed by atoms with Crippen LogP contribution in [0.4, 0.5) is 0 Å². The van der Waals surface area contributed by atoms with Gasteiger partial charge < -0.3 is 13.7 Å². The number of hydrogen-bond acceptors (Lipinski definition) is 7. The van der Waals surface area contributed by atoms with Crippen LogP contribution in [-0.2, 0) is 0 Å². The van der Waals surface area contributed by atoms with E-state index in [4.69, 9.17) is 13.7 Å². The van der Waals surface area contributed by atoms with Gasteiger partial charge in [0.1, 0.15) is 11.5 Å². The fraction of sp³-hybridized carbons (Fsp3) is 0.200. The van der Waals surface area contributed by atoms with Gasteiger partial charge in [0.05, 0.1) is 0 Å². The molecule has 0 aliphatic heterocycles. The number of carbonyl (C=O) groups excluding carboxylic acids is 1. The average Bonchev–Trinajstić information content (AvgIpc) is 3.42. The highest BCUT2D eigenvalue weighted by molar-refractivity contribution is 5.98. The van der Waals surface area contributed by atoms with Crippen molar-refractivity contribution in [2.45, 2.75) is 20.8 Å². The van der Waals surface area contributed by atoms with Crippen molar-refractivity contribution in [3.8, 4) is 23.0 Å². The molecule has 0 radical (unpaired) electrons. The maximum atomic E-state index is 12.7. The zero-order valence-corrected chi connectivity index (χ0v) is 15.7. The van der Waals surface area contributed by atoms with Gasteiger partial charge in [0.25, 0.3) is 0 Å². The SMILES string of the molecule is Cc1cc(-n2c(C)cc(C(=O)COc3ccc(-c4nnco4)cc3)c2C)no1. The Balaban J connectivity index is 1.47. The molecule has 0 fully saturated rings. The Hall–Kier alpha value is -3.68. The molecule has 8 heteroatoms. The lowest BCUT2D eigenvalue weighted by molar-refractivity contribution is 0.0921. The second-order valence-electron chi connectivity index (χ2n) is 6.40. The number of aryl methyl sites for hydroxylation is 2. The number of benzene rings is 1. The number of rotatable bonds is 6. The summed E-state index contributed by atoms with van der Waals surface area (Å²) in [5, 5.41) is 11.5. The van der Waals surface area contributed by atoms with Crippen molar-refractivity contribution >= 4 is 5.78 Å². The largest absolute Gasteiger partial charge is 0.485 e. The van der Waals surface area contributed by atoms with E-state index in [0.717, 1.165) is 17.0 Å². The lowest BCUT2D eigenvalue weighted by Crippen LogP contribution is -2.12. The molecule has 1 aromatic carbocycles. The molecule has 8 nitrogen and oxygen atoms in total. The predicted molar refractivity (Wildman–Crippen MR) is 99.6 cm³/mol. The van der Waals surface area contributed by atoms with E-state index < -0.39 is 0 Å². The Kier molecular flexibility index (Phi) is 4.52. The minimum Gasteiger partial charge on any atom is -0.485 e. The van der Waals surface area contributed by atoms with Crippen molar-refractivity contribution in [1.82, 2.24) is 19.9 Å². The maximum absolute atomic E-state index is 12.7. The van der Waals surface area contributed by atoms with E-state index in [0.29, 0.717) is 28.8 Å². The smallest absolute Gasteiger partial charge is 0.247 e. The van der Waals surface area contributed by atoms with Gasteiger partial charge in [-0.15, -0.1) is 10.2 Å². The van der Waals surface area contributed by atoms with Crippen LogP contribution in [0.15, 0.2) is 51.7 Å². The second-order valence-corrected chi connectivity index (χ2v) is 6.40. The molecule has 3 aromatic heterocycles. The lowest BCUT2D eigenvalue weighted by Gasteiger charge is -2.07. The summed E-state index contributed by atoms with van der Waals surface area (Å²) >= 11 is 0. The number of nitrogens with zero attached hydrogens (tertiary/aromatic N) is 4. The highest BCUT2D eigenvalue weighted by atomic mass is 16.5. The molecule has 0 amide bonds. The zero-order valence-electron chi connectivity index (χ0n) is 15.7. The van der Waals surface area contributed by atoms with Gasteiger partial charge in [0.15, 0.2) is 12.4 Å². The Morgan fingerprint density at radius 2 is 1.93 bits per heavy atom. The van der Waals surface area contributed by atoms with Gasteiger partial charge >= 0.3 is 0 Å². The average molecular weight is 378 g/mol. The number of aromatic nitrogens is 4. The van der Waals surface area contributed by atoms with E-state index in [1.807, 2.05) is 37.5 Å². The number of carbonyl (C=O) groups is 1. The molecule has 0 saturated carbocycles. The molecule has 0 atom stereocenters. The van der Waals surface area contributed by atoms with Crippen LogP contribution in [0.2, 0.25) is 0 Å². The number of ketones is 1. The van der Waals surface area contributed by atoms with Crippen LogP contribution in [0.25, 0.3) is 17.3 Å². The summed E-state index contributed by atoms with van der Waals surface area (Å²) in [5.74, 6) is 2.27. The first-order valence-corrected chi connectivity index (χ1v) is 8.68. The topological polar surface area (TPSA) is 96.2 Å². The molecule has 0 aliphatic carbocycles. The van der Waals surface area contributed by atoms with Crippen LogP contribution in [0.3, 0.4) is 0 Å². The minimum absolute atomic E-state index is 0.0674. The summed E-state index contributed by atoms with van der Waals surface area (Å²) in [4.78, 5) is 12.7. The van der Waals surface area contributed by atoms with Crippen LogP contribution in [-0.4, -0.2) is 32.3 Å². The van der Waals surface area contributed by atoms with Crippen LogP contribution in [0.1, 0.15) is 27.5 Å². The summed E-state index contributed by atoms with van der Waals surface area (Å²) < 4.78 is 17.8. The summed E-state index contributed by atoms with van der Waals surface area (Å²) in [6.07, 6.45) is 1.27. The Bertz CT molecular complexity index is 1110. The highest BCUT2D eigenvalue weighted by Gasteiger charge is 2.19. The van der Waals surface area contributed by atoms with Gasteiger partial charge in [-0.05, 0) is 51.1 Å². The van der Waals surface area contributed by atoms with Crippen molar-refractivity contribution in [3.63, 3.8) is 0 Å². The van der Waals surface area contributed by atoms with E-state index in [2.05, 4.69) is 15.4 Å². The minimum atomic E-state index is -0.111. The van der Waals surface area contributed by atoms with Crippen LogP contribution in [0, 0.1) is 20.8 Å². The molecule has 0 spiro atoms. The number of hydrogen-bond donors (Lipinski definition) is 0. The lowest BCUT2D eigenvalue weighted by atomic mass is 10.1. The van der Waals surface area contributed by atoms with Gasteiger partial charge in [0, 0.05) is 28.6 Å². The standard InChI is InChI=1S/C20H18N4O4/c1-12-8-17(14(3)24(12)19-9-13(2)28-23-19)18(25)10-26-16-6-4-15(5-7-16)20-22-21-11-27-20/h4-9,11H,10H2,1-3H3. The van der Waals surface area contributed by atoms with E-state index in [1.54, 1.807) is 24.3 Å². The normalized spacial score (nSPS) is 11.0. The third kappa shape index (κ3) is 3.32. The molecule has 4 aromatic rings. The Labute approximate surface area is 160 Å². The maximum Gasteiger partial charge on any atom is 0.247 e. The Morgan fingerprint density at radius 1 is 1.14 bits per heavy atom. The van der Waals surface area contributed by atoms with Gasteiger partial charge in [0.2, 0.25) is 18.1 Å². The zero-order chi connectivity index (χ0) is 19.7. The first-order valence-electron chi connectivity index (χ1n) is 8.68. The Morgan fingerprint density at radius 3 is 2.57 bits per heavy atom. The van der Waals surface area contributed by atoms with Gasteiger partial charge in [-0.25, -0.2) is 0 Å². The molecule has 0 N–H and O–H groups in total. The monoisotopic (exact) mass is 378 g/mol. The molecular weight excluding hydrogens is 360 g/mol. The first-order chi connectivity index (χ1) is 13.5. The fourth-order valence-corrected chi connectivity index (χ4v) is 3.08. The fourth-order valence-electron chi connectivity index (χ4n) is 3.08. The van der Waals surface area contributed by atoms with E-state index in [-0.39, 0.29) is 12.4 Å². The number of Topliss-reactive ketones (excluding diaryl/α,β-unsaturated/α-hetero) is 1. The molecular formula is C20H18N4O4. The van der Waals surface area contributed by atoms with Gasteiger partial charge in [-0.3, -0.25) is 9.36 Å². The summed E-state index contributed by atoms with van der Waals surface area (Å²) in [6, 6.07) is 10.8. The van der Waals surface area contributed by atoms with Crippen LogP contribution >= 0.6 is 0 Å². The molecule has 0 unspecified atom stereocenters. The summed E-state index contributed by atoms with van der Waals surface area (Å²) in [7, 11) is 0. The third-order valence-corrected chi connectivity index (χ3v) is 4.41. The van der Waals surface area contributed by atoms with Crippen molar-refractivity contribution in [3.05, 3.63) is 65.5 Å². The molecule has 0 saturated heterocycles. The van der Waals surface area contributed by atoms with Crippen molar-refractivity contribution in [2.75, 3.05) is 6.61 Å². The van der Waals surface area contributed by atoms with E-state index >= 15 is 0 Å². The molecule has 4 rings (SSSR count). The molecule has 0 aliphatic rings. The van der Waals surface area contributed by atoms with E-state index in [1.165, 1.54) is 6.39 Å². The molecule has 0 bridgehead atoms.